The van der Waals surface area contributed by atoms with Crippen LogP contribution in [-0.2, 0) is 19.6 Å². The van der Waals surface area contributed by atoms with E-state index >= 15 is 0 Å². The smallest absolute Gasteiger partial charge is 0.213 e. The van der Waals surface area contributed by atoms with E-state index in [1.165, 1.54) is 100 Å². The highest BCUT2D eigenvalue weighted by atomic mass is 15.1. The Morgan fingerprint density at radius 3 is 1.61 bits per heavy atom. The largest absolute Gasteiger partial charge is 0.348 e. The lowest BCUT2D eigenvalue weighted by atomic mass is 9.99. The van der Waals surface area contributed by atoms with Gasteiger partial charge in [0.25, 0.3) is 0 Å². The van der Waals surface area contributed by atoms with Crippen molar-refractivity contribution in [2.45, 2.75) is 61.2 Å². The molecular weight excluding hydrogens is 961 g/mol. The molecule has 0 radical (unpaired) electrons. The summed E-state index contributed by atoms with van der Waals surface area (Å²) in [5.41, 5.74) is 18.9. The van der Waals surface area contributed by atoms with E-state index in [9.17, 15) is 0 Å². The number of nitrogens with zero attached hydrogens (tertiary/aromatic N) is 6. The van der Waals surface area contributed by atoms with Gasteiger partial charge in [-0.05, 0) is 137 Å². The zero-order valence-corrected chi connectivity index (χ0v) is 46.8. The molecule has 3 aliphatic heterocycles. The monoisotopic (exact) mass is 1030 g/mol. The lowest BCUT2D eigenvalue weighted by molar-refractivity contribution is -0.669. The molecule has 0 atom stereocenters. The average molecular weight is 1030 g/mol. The number of hydrogen-bond acceptors (Lipinski definition) is 3. The van der Waals surface area contributed by atoms with Gasteiger partial charge in [-0.15, -0.1) is 0 Å². The zero-order valence-electron chi connectivity index (χ0n) is 46.8. The van der Waals surface area contributed by atoms with Crippen LogP contribution >= 0.6 is 0 Å². The molecule has 0 saturated carbocycles. The highest BCUT2D eigenvalue weighted by Gasteiger charge is 2.20. The number of aryl methyl sites for hydroxylation is 3. The first-order valence-electron chi connectivity index (χ1n) is 28.3. The molecule has 0 bridgehead atoms. The van der Waals surface area contributed by atoms with Crippen molar-refractivity contribution < 1.29 is 13.7 Å². The molecule has 9 aromatic rings. The van der Waals surface area contributed by atoms with Crippen LogP contribution in [0.25, 0.3) is 68.7 Å². The van der Waals surface area contributed by atoms with Crippen molar-refractivity contribution in [3.05, 3.63) is 276 Å². The first-order chi connectivity index (χ1) is 38.9. The van der Waals surface area contributed by atoms with Gasteiger partial charge in [0.2, 0.25) is 27.9 Å². The van der Waals surface area contributed by atoms with E-state index in [-0.39, 0.29) is 0 Å². The van der Waals surface area contributed by atoms with Gasteiger partial charge in [0.05, 0.1) is 5.39 Å². The maximum absolute atomic E-state index is 2.38. The number of fused-ring (bicyclic) bond motifs is 6. The van der Waals surface area contributed by atoms with Crippen molar-refractivity contribution in [3.63, 3.8) is 0 Å². The van der Waals surface area contributed by atoms with E-state index < -0.39 is 0 Å². The Morgan fingerprint density at radius 2 is 0.962 bits per heavy atom. The van der Waals surface area contributed by atoms with Gasteiger partial charge in [-0.2, -0.15) is 13.7 Å². The summed E-state index contributed by atoms with van der Waals surface area (Å²) in [4.78, 5) is 7.02. The minimum atomic E-state index is 0.950. The van der Waals surface area contributed by atoms with Crippen LogP contribution in [0, 0.1) is 0 Å². The van der Waals surface area contributed by atoms with E-state index in [2.05, 4.69) is 331 Å². The molecule has 3 aromatic heterocycles. The molecule has 3 aliphatic rings. The second-order valence-electron chi connectivity index (χ2n) is 19.6. The van der Waals surface area contributed by atoms with E-state index in [4.69, 9.17) is 0 Å². The minimum Gasteiger partial charge on any atom is -0.348 e. The minimum absolute atomic E-state index is 0.950. The summed E-state index contributed by atoms with van der Waals surface area (Å²) < 4.78 is 7.02. The molecule has 6 heteroatoms. The standard InChI is InChI=1S/2C25H25N2.C23H23N2/c1-3-26-18-16-20(22-12-5-7-14-24(22)26)10-9-11-21-17-19-27(4-2)25-15-8-6-13-23(21)25;1-3-26-22(18-16-20-10-5-7-14-24(20)26)12-9-13-23-19-17-21-11-6-8-15-25(21)27(23)4-2;1-3-24-20(15-13-18-9-5-7-11-22(18)24)17-21-16-14-19-10-6-8-12-23(19)25(21)4-2/h2*5-19H,3-4H2,1-2H3;5-17H,3-4H2,1-2H3/q3*+1. The quantitative estimate of drug-likeness (QED) is 0.121. The van der Waals surface area contributed by atoms with Crippen LogP contribution in [0.15, 0.2) is 242 Å². The number of pyridine rings is 3. The number of rotatable bonds is 11. The van der Waals surface area contributed by atoms with Gasteiger partial charge in [0.15, 0.2) is 6.20 Å². The molecule has 0 amide bonds. The number of hydrogen-bond donors (Lipinski definition) is 0. The highest BCUT2D eigenvalue weighted by Crippen LogP contribution is 2.34. The summed E-state index contributed by atoms with van der Waals surface area (Å²) in [6.07, 6.45) is 30.8. The Balaban J connectivity index is 0.000000134. The van der Waals surface area contributed by atoms with Crippen LogP contribution in [0.4, 0.5) is 17.1 Å². The van der Waals surface area contributed by atoms with Crippen molar-refractivity contribution in [1.29, 1.82) is 0 Å². The number of benzene rings is 6. The number of likely N-dealkylation sites (N-methyl/N-ethyl adjacent to an activating group) is 2. The summed E-state index contributed by atoms with van der Waals surface area (Å²) in [7, 11) is 0. The first-order valence-corrected chi connectivity index (χ1v) is 28.3. The van der Waals surface area contributed by atoms with Gasteiger partial charge in [-0.25, -0.2) is 0 Å². The maximum Gasteiger partial charge on any atom is 0.213 e. The molecule has 0 spiro atoms. The second kappa shape index (κ2) is 25.3. The van der Waals surface area contributed by atoms with Crippen molar-refractivity contribution in [3.8, 4) is 0 Å². The van der Waals surface area contributed by atoms with Gasteiger partial charge >= 0.3 is 0 Å². The van der Waals surface area contributed by atoms with Gasteiger partial charge in [0.1, 0.15) is 19.6 Å². The molecule has 0 saturated heterocycles. The van der Waals surface area contributed by atoms with Gasteiger partial charge in [-0.3, -0.25) is 0 Å². The van der Waals surface area contributed by atoms with Crippen molar-refractivity contribution in [1.82, 2.24) is 0 Å². The average Bonchev–Trinajstić information content (AvgIpc) is 3.54. The molecule has 0 aliphatic carbocycles. The molecule has 0 unspecified atom stereocenters. The van der Waals surface area contributed by atoms with Crippen LogP contribution in [0.1, 0.15) is 75.2 Å². The lowest BCUT2D eigenvalue weighted by Crippen LogP contribution is -2.37. The van der Waals surface area contributed by atoms with Gasteiger partial charge in [-0.1, -0.05) is 127 Å². The molecule has 12 rings (SSSR count). The summed E-state index contributed by atoms with van der Waals surface area (Å²) >= 11 is 0. The van der Waals surface area contributed by atoms with Crippen molar-refractivity contribution in [2.24, 2.45) is 0 Å². The fraction of sp³-hybridized carbons (Fsp3) is 0.164. The third-order valence-electron chi connectivity index (χ3n) is 15.1. The topological polar surface area (TPSA) is 21.4 Å². The summed E-state index contributed by atoms with van der Waals surface area (Å²) in [6, 6.07) is 62.5. The number of allylic oxidation sites excluding steroid dienone is 8. The number of para-hydroxylation sites is 6. The molecule has 6 nitrogen and oxygen atoms in total. The number of aromatic nitrogens is 3. The van der Waals surface area contributed by atoms with Crippen LogP contribution < -0.4 is 28.4 Å². The van der Waals surface area contributed by atoms with E-state index in [1.54, 1.807) is 0 Å². The molecule has 6 heterocycles. The van der Waals surface area contributed by atoms with Crippen LogP contribution in [0.3, 0.4) is 0 Å². The Labute approximate surface area is 468 Å². The van der Waals surface area contributed by atoms with Crippen molar-refractivity contribution >= 4 is 85.7 Å². The third kappa shape index (κ3) is 11.6. The summed E-state index contributed by atoms with van der Waals surface area (Å²) in [5.74, 6) is 0. The molecule has 392 valence electrons. The molecule has 6 aromatic carbocycles. The van der Waals surface area contributed by atoms with E-state index in [0.717, 1.165) is 39.3 Å². The van der Waals surface area contributed by atoms with Crippen LogP contribution in [0.5, 0.6) is 0 Å². The molecule has 0 N–H and O–H groups in total. The Morgan fingerprint density at radius 1 is 0.418 bits per heavy atom. The van der Waals surface area contributed by atoms with Gasteiger partial charge < -0.3 is 14.7 Å². The maximum atomic E-state index is 2.38. The van der Waals surface area contributed by atoms with Crippen molar-refractivity contribution in [2.75, 3.05) is 34.3 Å². The van der Waals surface area contributed by atoms with Crippen LogP contribution in [0.2, 0.25) is 0 Å². The fourth-order valence-corrected chi connectivity index (χ4v) is 11.2. The molecule has 0 fully saturated rings. The zero-order chi connectivity index (χ0) is 54.5. The SMILES string of the molecule is CCN1/C(=C/C=C/c2ccc3ccccc3[n+]2CC)C=Cc2ccccc21.CCN1/C(=C/c2ccc3ccccc3[n+]2CC)C=Cc2ccccc21.CCN1C=C/C(=C\C=C\c2cc[n+](CC)c3ccccc23)c2ccccc21. The third-order valence-corrected chi connectivity index (χ3v) is 15.1. The van der Waals surface area contributed by atoms with E-state index in [1.807, 2.05) is 0 Å². The molecule has 79 heavy (non-hydrogen) atoms. The fourth-order valence-electron chi connectivity index (χ4n) is 11.2. The Kier molecular flexibility index (Phi) is 17.1. The normalized spacial score (nSPS) is 15.0. The molecular formula is C73H73N6+3. The van der Waals surface area contributed by atoms with Gasteiger partial charge in [0, 0.05) is 119 Å². The van der Waals surface area contributed by atoms with Crippen LogP contribution in [-0.4, -0.2) is 19.6 Å². The first kappa shape index (κ1) is 53.3. The summed E-state index contributed by atoms with van der Waals surface area (Å²) in [5, 5.41) is 3.84. The lowest BCUT2D eigenvalue weighted by Gasteiger charge is -2.29. The predicted octanol–water partition coefficient (Wildman–Crippen LogP) is 16.2. The second-order valence-corrected chi connectivity index (χ2v) is 19.6. The highest BCUT2D eigenvalue weighted by molar-refractivity contribution is 5.89. The Hall–Kier alpha value is -9.13. The summed E-state index contributed by atoms with van der Waals surface area (Å²) in [6.45, 7) is 18.9. The Bertz CT molecular complexity index is 3900. The predicted molar refractivity (Wildman–Crippen MR) is 337 cm³/mol. The van der Waals surface area contributed by atoms with E-state index in [0.29, 0.717) is 0 Å². The number of anilines is 3.